The van der Waals surface area contributed by atoms with E-state index in [-0.39, 0.29) is 4.90 Å². The van der Waals surface area contributed by atoms with E-state index in [1.165, 1.54) is 45.5 Å². The van der Waals surface area contributed by atoms with Crippen LogP contribution in [0.2, 0.25) is 0 Å². The van der Waals surface area contributed by atoms with Crippen LogP contribution in [0.25, 0.3) is 0 Å². The molecule has 0 saturated heterocycles. The van der Waals surface area contributed by atoms with Crippen LogP contribution in [0, 0.1) is 0 Å². The minimum Gasteiger partial charge on any atom is -0.744 e. The van der Waals surface area contributed by atoms with Crippen molar-refractivity contribution in [2.24, 2.45) is 0 Å². The zero-order chi connectivity index (χ0) is 24.6. The standard InChI is InChI=1S/C24H20P.C6H6O3S/c1-5-13-21(14-6-1)25(22-15-7-2-8-16-22,23-17-9-3-10-18-23)24-19-11-4-12-20-24;7-10(8,9)6-4-2-1-3-5-6/h1-20H;1-5H,(H,7,8,9)/q+1;/p-1. The summed E-state index contributed by atoms with van der Waals surface area (Å²) in [5, 5.41) is 5.55. The van der Waals surface area contributed by atoms with Gasteiger partial charge >= 0.3 is 0 Å². The summed E-state index contributed by atoms with van der Waals surface area (Å²) in [7, 11) is -6.16. The third kappa shape index (κ3) is 5.58. The molecular formula is C30H25O3PS. The molecule has 0 aromatic heterocycles. The Morgan fingerprint density at radius 3 is 0.829 bits per heavy atom. The smallest absolute Gasteiger partial charge is 0.144 e. The third-order valence-corrected chi connectivity index (χ3v) is 10.7. The van der Waals surface area contributed by atoms with Gasteiger partial charge in [0.2, 0.25) is 0 Å². The summed E-state index contributed by atoms with van der Waals surface area (Å²) in [6.45, 7) is 0. The Labute approximate surface area is 207 Å². The molecule has 0 radical (unpaired) electrons. The Balaban J connectivity index is 0.000000243. The molecule has 35 heavy (non-hydrogen) atoms. The molecule has 0 aliphatic carbocycles. The van der Waals surface area contributed by atoms with Crippen molar-refractivity contribution in [3.05, 3.63) is 152 Å². The van der Waals surface area contributed by atoms with Crippen molar-refractivity contribution in [2.45, 2.75) is 4.90 Å². The summed E-state index contributed by atoms with van der Waals surface area (Å²) >= 11 is 0. The normalized spacial score (nSPS) is 11.2. The quantitative estimate of drug-likeness (QED) is 0.257. The maximum atomic E-state index is 10.3. The lowest BCUT2D eigenvalue weighted by atomic mass is 10.3. The highest BCUT2D eigenvalue weighted by Crippen LogP contribution is 2.53. The zero-order valence-electron chi connectivity index (χ0n) is 19.0. The molecule has 3 nitrogen and oxygen atoms in total. The fourth-order valence-electron chi connectivity index (χ4n) is 4.09. The van der Waals surface area contributed by atoms with E-state index in [9.17, 15) is 13.0 Å². The fraction of sp³-hybridized carbons (Fsp3) is 0. The van der Waals surface area contributed by atoms with Gasteiger partial charge in [-0.2, -0.15) is 0 Å². The van der Waals surface area contributed by atoms with Crippen LogP contribution in [0.5, 0.6) is 0 Å². The van der Waals surface area contributed by atoms with E-state index in [1.807, 2.05) is 0 Å². The molecule has 0 aliphatic heterocycles. The monoisotopic (exact) mass is 496 g/mol. The van der Waals surface area contributed by atoms with Crippen LogP contribution in [0.1, 0.15) is 0 Å². The predicted octanol–water partition coefficient (Wildman–Crippen LogP) is 4.90. The molecule has 0 fully saturated rings. The molecule has 0 saturated carbocycles. The van der Waals surface area contributed by atoms with Crippen molar-refractivity contribution in [3.8, 4) is 0 Å². The highest BCUT2D eigenvalue weighted by Gasteiger charge is 2.47. The molecule has 0 N–H and O–H groups in total. The van der Waals surface area contributed by atoms with Gasteiger partial charge in [0, 0.05) is 0 Å². The van der Waals surface area contributed by atoms with E-state index in [2.05, 4.69) is 121 Å². The predicted molar refractivity (Wildman–Crippen MR) is 146 cm³/mol. The van der Waals surface area contributed by atoms with Crippen molar-refractivity contribution in [1.82, 2.24) is 0 Å². The lowest BCUT2D eigenvalue weighted by Gasteiger charge is -2.27. The molecule has 0 bridgehead atoms. The molecule has 5 aromatic rings. The number of hydrogen-bond donors (Lipinski definition) is 0. The molecule has 0 unspecified atom stereocenters. The van der Waals surface area contributed by atoms with Crippen molar-refractivity contribution in [2.75, 3.05) is 0 Å². The van der Waals surface area contributed by atoms with Gasteiger partial charge in [0.15, 0.2) is 0 Å². The van der Waals surface area contributed by atoms with Crippen LogP contribution in [-0.2, 0) is 10.1 Å². The number of hydrogen-bond acceptors (Lipinski definition) is 3. The topological polar surface area (TPSA) is 57.2 Å². The first-order valence-electron chi connectivity index (χ1n) is 11.2. The van der Waals surface area contributed by atoms with Crippen LogP contribution in [0.3, 0.4) is 0 Å². The molecule has 0 heterocycles. The first-order valence-corrected chi connectivity index (χ1v) is 14.3. The van der Waals surface area contributed by atoms with E-state index in [0.29, 0.717) is 0 Å². The third-order valence-electron chi connectivity index (χ3n) is 5.61. The molecule has 0 atom stereocenters. The maximum absolute atomic E-state index is 10.3. The molecular weight excluding hydrogens is 471 g/mol. The molecule has 5 rings (SSSR count). The summed E-state index contributed by atoms with van der Waals surface area (Å²) in [6, 6.07) is 51.0. The molecule has 5 aromatic carbocycles. The molecule has 174 valence electrons. The highest BCUT2D eigenvalue weighted by atomic mass is 32.2. The first-order chi connectivity index (χ1) is 17.0. The Kier molecular flexibility index (Phi) is 7.89. The SMILES string of the molecule is O=S(=O)([O-])c1ccccc1.c1ccc([P+](c2ccccc2)(c2ccccc2)c2ccccc2)cc1. The lowest BCUT2D eigenvalue weighted by molar-refractivity contribution is 0.463. The van der Waals surface area contributed by atoms with Crippen molar-refractivity contribution in [3.63, 3.8) is 0 Å². The fourth-order valence-corrected chi connectivity index (χ4v) is 8.84. The van der Waals surface area contributed by atoms with Gasteiger partial charge in [0.05, 0.1) is 4.90 Å². The van der Waals surface area contributed by atoms with Gasteiger partial charge in [-0.1, -0.05) is 91.0 Å². The van der Waals surface area contributed by atoms with Crippen LogP contribution in [0.4, 0.5) is 0 Å². The Morgan fingerprint density at radius 2 is 0.629 bits per heavy atom. The van der Waals surface area contributed by atoms with Gasteiger partial charge in [-0.25, -0.2) is 8.42 Å². The summed E-state index contributed by atoms with van der Waals surface area (Å²) in [5.41, 5.74) is 0. The minimum atomic E-state index is -4.25. The second-order valence-corrected chi connectivity index (χ2v) is 12.6. The van der Waals surface area contributed by atoms with Crippen LogP contribution < -0.4 is 21.2 Å². The maximum Gasteiger partial charge on any atom is 0.144 e. The van der Waals surface area contributed by atoms with Gasteiger partial charge in [-0.05, 0) is 60.7 Å². The second kappa shape index (κ2) is 11.2. The zero-order valence-corrected chi connectivity index (χ0v) is 20.7. The molecule has 0 amide bonds. The van der Waals surface area contributed by atoms with Gasteiger partial charge < -0.3 is 4.55 Å². The van der Waals surface area contributed by atoms with Gasteiger partial charge in [-0.15, -0.1) is 0 Å². The van der Waals surface area contributed by atoms with Crippen molar-refractivity contribution in [1.29, 1.82) is 0 Å². The number of rotatable bonds is 5. The van der Waals surface area contributed by atoms with E-state index in [4.69, 9.17) is 0 Å². The summed E-state index contributed by atoms with van der Waals surface area (Å²) in [6.07, 6.45) is 0. The minimum absolute atomic E-state index is 0.185. The van der Waals surface area contributed by atoms with Gasteiger partial charge in [-0.3, -0.25) is 0 Å². The largest absolute Gasteiger partial charge is 0.744 e. The van der Waals surface area contributed by atoms with Gasteiger partial charge in [0.25, 0.3) is 0 Å². The van der Waals surface area contributed by atoms with E-state index >= 15 is 0 Å². The Bertz CT molecular complexity index is 1260. The highest BCUT2D eigenvalue weighted by molar-refractivity contribution is 8.01. The second-order valence-electron chi connectivity index (χ2n) is 7.78. The Hall–Kier alpha value is -3.56. The summed E-state index contributed by atoms with van der Waals surface area (Å²) < 4.78 is 30.8. The lowest BCUT2D eigenvalue weighted by Crippen LogP contribution is -2.38. The average molecular weight is 497 g/mol. The molecule has 0 aliphatic rings. The summed E-state index contributed by atoms with van der Waals surface area (Å²) in [4.78, 5) is -0.185. The first kappa shape index (κ1) is 24.6. The van der Waals surface area contributed by atoms with E-state index in [1.54, 1.807) is 6.07 Å². The van der Waals surface area contributed by atoms with Crippen molar-refractivity contribution < 1.29 is 13.0 Å². The van der Waals surface area contributed by atoms with E-state index in [0.717, 1.165) is 0 Å². The average Bonchev–Trinajstić information content (AvgIpc) is 2.92. The van der Waals surface area contributed by atoms with Gasteiger partial charge in [0.1, 0.15) is 38.6 Å². The van der Waals surface area contributed by atoms with E-state index < -0.39 is 17.4 Å². The summed E-state index contributed by atoms with van der Waals surface area (Å²) in [5.74, 6) is 0. The van der Waals surface area contributed by atoms with Crippen molar-refractivity contribution >= 4 is 38.6 Å². The Morgan fingerprint density at radius 1 is 0.400 bits per heavy atom. The van der Waals surface area contributed by atoms with Crippen LogP contribution in [0.15, 0.2) is 157 Å². The molecule has 0 spiro atoms. The van der Waals surface area contributed by atoms with Crippen LogP contribution >= 0.6 is 7.26 Å². The number of benzene rings is 5. The van der Waals surface area contributed by atoms with Crippen LogP contribution in [-0.4, -0.2) is 13.0 Å². The molecule has 5 heteroatoms.